The van der Waals surface area contributed by atoms with Crippen LogP contribution in [-0.4, -0.2) is 30.0 Å². The lowest BCUT2D eigenvalue weighted by atomic mass is 10.1. The third kappa shape index (κ3) is 4.21. The van der Waals surface area contributed by atoms with E-state index in [4.69, 9.17) is 21.4 Å². The van der Waals surface area contributed by atoms with Crippen molar-refractivity contribution in [3.05, 3.63) is 65.3 Å². The fourth-order valence-corrected chi connectivity index (χ4v) is 2.82. The first-order valence-electron chi connectivity index (χ1n) is 8.41. The molecule has 1 heterocycles. The van der Waals surface area contributed by atoms with E-state index in [2.05, 4.69) is 18.3 Å². The summed E-state index contributed by atoms with van der Waals surface area (Å²) in [5.41, 5.74) is 4.19. The molecule has 0 bridgehead atoms. The summed E-state index contributed by atoms with van der Waals surface area (Å²) in [6.07, 6.45) is 0.886. The molecule has 25 heavy (non-hydrogen) atoms. The first-order valence-corrected chi connectivity index (χ1v) is 8.79. The van der Waals surface area contributed by atoms with Gasteiger partial charge in [-0.25, -0.2) is 4.68 Å². The van der Waals surface area contributed by atoms with Gasteiger partial charge in [-0.1, -0.05) is 30.7 Å². The summed E-state index contributed by atoms with van der Waals surface area (Å²) >= 11 is 6.03. The van der Waals surface area contributed by atoms with Crippen LogP contribution in [0.5, 0.6) is 5.75 Å². The molecule has 3 rings (SSSR count). The molecule has 0 fully saturated rings. The topological polar surface area (TPSA) is 39.1 Å². The Morgan fingerprint density at radius 1 is 1.08 bits per heavy atom. The third-order valence-corrected chi connectivity index (χ3v) is 4.28. The van der Waals surface area contributed by atoms with Gasteiger partial charge in [-0.15, -0.1) is 0 Å². The van der Waals surface area contributed by atoms with E-state index in [1.807, 2.05) is 53.2 Å². The van der Waals surface area contributed by atoms with Crippen LogP contribution in [-0.2, 0) is 6.42 Å². The van der Waals surface area contributed by atoms with Gasteiger partial charge in [-0.3, -0.25) is 0 Å². The molecule has 0 unspecified atom stereocenters. The summed E-state index contributed by atoms with van der Waals surface area (Å²) in [7, 11) is 1.67. The Morgan fingerprint density at radius 2 is 1.80 bits per heavy atom. The zero-order chi connectivity index (χ0) is 17.6. The van der Waals surface area contributed by atoms with Crippen molar-refractivity contribution in [1.82, 2.24) is 15.1 Å². The van der Waals surface area contributed by atoms with E-state index in [1.54, 1.807) is 7.11 Å². The van der Waals surface area contributed by atoms with Crippen LogP contribution in [0, 0.1) is 0 Å². The van der Waals surface area contributed by atoms with Gasteiger partial charge in [0.05, 0.1) is 24.2 Å². The molecular formula is C20H22ClN3O. The normalized spacial score (nSPS) is 10.8. The highest BCUT2D eigenvalue weighted by atomic mass is 35.5. The van der Waals surface area contributed by atoms with Crippen molar-refractivity contribution in [2.24, 2.45) is 0 Å². The van der Waals surface area contributed by atoms with Crippen molar-refractivity contribution in [2.45, 2.75) is 13.3 Å². The van der Waals surface area contributed by atoms with Crippen LogP contribution in [0.2, 0.25) is 5.02 Å². The Bertz CT molecular complexity index is 810. The van der Waals surface area contributed by atoms with Gasteiger partial charge in [-0.2, -0.15) is 5.10 Å². The SMILES string of the molecule is CCNCCc1cc(-c2ccc(Cl)cc2)n(-c2ccc(OC)cc2)n1. The van der Waals surface area contributed by atoms with Crippen LogP contribution < -0.4 is 10.1 Å². The molecule has 0 saturated carbocycles. The second-order valence-electron chi connectivity index (χ2n) is 5.74. The zero-order valence-electron chi connectivity index (χ0n) is 14.5. The first kappa shape index (κ1) is 17.5. The van der Waals surface area contributed by atoms with Crippen LogP contribution in [0.15, 0.2) is 54.6 Å². The van der Waals surface area contributed by atoms with E-state index in [9.17, 15) is 0 Å². The van der Waals surface area contributed by atoms with E-state index in [-0.39, 0.29) is 0 Å². The summed E-state index contributed by atoms with van der Waals surface area (Å²) in [5, 5.41) is 8.88. The summed E-state index contributed by atoms with van der Waals surface area (Å²) in [6.45, 7) is 3.98. The number of methoxy groups -OCH3 is 1. The number of nitrogens with one attached hydrogen (secondary N) is 1. The van der Waals surface area contributed by atoms with E-state index in [1.165, 1.54) is 0 Å². The Labute approximate surface area is 153 Å². The van der Waals surface area contributed by atoms with Crippen LogP contribution in [0.25, 0.3) is 16.9 Å². The average Bonchev–Trinajstić information content (AvgIpc) is 3.07. The van der Waals surface area contributed by atoms with Gasteiger partial charge in [0.2, 0.25) is 0 Å². The van der Waals surface area contributed by atoms with Gasteiger partial charge in [0, 0.05) is 23.6 Å². The maximum absolute atomic E-state index is 6.03. The molecule has 1 aromatic heterocycles. The van der Waals surface area contributed by atoms with Crippen LogP contribution in [0.4, 0.5) is 0 Å². The highest BCUT2D eigenvalue weighted by molar-refractivity contribution is 6.30. The number of hydrogen-bond donors (Lipinski definition) is 1. The van der Waals surface area contributed by atoms with Crippen molar-refractivity contribution in [2.75, 3.05) is 20.2 Å². The molecule has 1 N–H and O–H groups in total. The summed E-state index contributed by atoms with van der Waals surface area (Å²) < 4.78 is 7.23. The van der Waals surface area contributed by atoms with E-state index in [0.29, 0.717) is 0 Å². The van der Waals surface area contributed by atoms with E-state index < -0.39 is 0 Å². The smallest absolute Gasteiger partial charge is 0.119 e. The number of likely N-dealkylation sites (N-methyl/N-ethyl adjacent to an activating group) is 1. The number of rotatable bonds is 7. The Balaban J connectivity index is 1.99. The third-order valence-electron chi connectivity index (χ3n) is 4.02. The number of halogens is 1. The summed E-state index contributed by atoms with van der Waals surface area (Å²) in [5.74, 6) is 0.830. The first-order chi connectivity index (χ1) is 12.2. The minimum absolute atomic E-state index is 0.728. The van der Waals surface area contributed by atoms with Gasteiger partial charge < -0.3 is 10.1 Å². The Morgan fingerprint density at radius 3 is 2.44 bits per heavy atom. The molecule has 0 aliphatic rings. The monoisotopic (exact) mass is 355 g/mol. The predicted molar refractivity (Wildman–Crippen MR) is 103 cm³/mol. The van der Waals surface area contributed by atoms with Crippen LogP contribution in [0.1, 0.15) is 12.6 Å². The molecule has 5 heteroatoms. The molecule has 3 aromatic rings. The molecule has 0 saturated heterocycles. The lowest BCUT2D eigenvalue weighted by Gasteiger charge is -2.08. The Kier molecular flexibility index (Phi) is 5.74. The largest absolute Gasteiger partial charge is 0.497 e. The van der Waals surface area contributed by atoms with Gasteiger partial charge in [0.15, 0.2) is 0 Å². The fraction of sp³-hybridized carbons (Fsp3) is 0.250. The number of ether oxygens (including phenoxy) is 1. The molecule has 4 nitrogen and oxygen atoms in total. The number of hydrogen-bond acceptors (Lipinski definition) is 3. The fourth-order valence-electron chi connectivity index (χ4n) is 2.69. The Hall–Kier alpha value is -2.30. The average molecular weight is 356 g/mol. The molecule has 0 atom stereocenters. The maximum Gasteiger partial charge on any atom is 0.119 e. The molecule has 0 radical (unpaired) electrons. The van der Waals surface area contributed by atoms with Gasteiger partial charge in [-0.05, 0) is 49.0 Å². The van der Waals surface area contributed by atoms with Crippen molar-refractivity contribution in [3.8, 4) is 22.7 Å². The molecule has 0 spiro atoms. The van der Waals surface area contributed by atoms with Crippen molar-refractivity contribution < 1.29 is 4.74 Å². The molecule has 130 valence electrons. The van der Waals surface area contributed by atoms with Crippen molar-refractivity contribution >= 4 is 11.6 Å². The van der Waals surface area contributed by atoms with Gasteiger partial charge in [0.1, 0.15) is 5.75 Å². The minimum atomic E-state index is 0.728. The molecule has 2 aromatic carbocycles. The number of aromatic nitrogens is 2. The van der Waals surface area contributed by atoms with Gasteiger partial charge >= 0.3 is 0 Å². The van der Waals surface area contributed by atoms with E-state index in [0.717, 1.165) is 52.9 Å². The van der Waals surface area contributed by atoms with Crippen molar-refractivity contribution in [1.29, 1.82) is 0 Å². The zero-order valence-corrected chi connectivity index (χ0v) is 15.3. The quantitative estimate of drug-likeness (QED) is 0.640. The van der Waals surface area contributed by atoms with E-state index >= 15 is 0 Å². The summed E-state index contributed by atoms with van der Waals surface area (Å²) in [6, 6.07) is 17.9. The number of benzene rings is 2. The van der Waals surface area contributed by atoms with Crippen LogP contribution >= 0.6 is 11.6 Å². The molecule has 0 aliphatic heterocycles. The number of nitrogens with zero attached hydrogens (tertiary/aromatic N) is 2. The lowest BCUT2D eigenvalue weighted by Crippen LogP contribution is -2.16. The highest BCUT2D eigenvalue weighted by Crippen LogP contribution is 2.26. The molecule has 0 amide bonds. The molecule has 0 aliphatic carbocycles. The van der Waals surface area contributed by atoms with Crippen LogP contribution in [0.3, 0.4) is 0 Å². The lowest BCUT2D eigenvalue weighted by molar-refractivity contribution is 0.414. The molecular weight excluding hydrogens is 334 g/mol. The highest BCUT2D eigenvalue weighted by Gasteiger charge is 2.12. The second-order valence-corrected chi connectivity index (χ2v) is 6.18. The van der Waals surface area contributed by atoms with Gasteiger partial charge in [0.25, 0.3) is 0 Å². The van der Waals surface area contributed by atoms with Crippen molar-refractivity contribution in [3.63, 3.8) is 0 Å². The maximum atomic E-state index is 6.03. The summed E-state index contributed by atoms with van der Waals surface area (Å²) in [4.78, 5) is 0. The standard InChI is InChI=1S/C20H22ClN3O/c1-3-22-13-12-17-14-20(15-4-6-16(21)7-5-15)24(23-17)18-8-10-19(25-2)11-9-18/h4-11,14,22H,3,12-13H2,1-2H3. The second kappa shape index (κ2) is 8.19. The minimum Gasteiger partial charge on any atom is -0.497 e. The predicted octanol–water partition coefficient (Wildman–Crippen LogP) is 4.35.